The summed E-state index contributed by atoms with van der Waals surface area (Å²) >= 11 is 5.89. The molecule has 30 heavy (non-hydrogen) atoms. The molecule has 5 heteroatoms. The fourth-order valence-corrected chi connectivity index (χ4v) is 4.42. The summed E-state index contributed by atoms with van der Waals surface area (Å²) in [5.41, 5.74) is 4.56. The number of rotatable bonds is 6. The minimum absolute atomic E-state index is 0.0683. The second-order valence-corrected chi connectivity index (χ2v) is 8.65. The summed E-state index contributed by atoms with van der Waals surface area (Å²) in [4.78, 5) is 39.3. The summed E-state index contributed by atoms with van der Waals surface area (Å²) in [5.74, 6) is 0.185. The van der Waals surface area contributed by atoms with Gasteiger partial charge < -0.3 is 4.90 Å². The Morgan fingerprint density at radius 1 is 1.10 bits per heavy atom. The van der Waals surface area contributed by atoms with Gasteiger partial charge in [-0.1, -0.05) is 48.0 Å². The molecule has 0 aromatic heterocycles. The van der Waals surface area contributed by atoms with E-state index in [1.807, 2.05) is 30.3 Å². The molecular formula is C25H24ClNO3. The number of ketones is 2. The molecule has 2 aliphatic rings. The van der Waals surface area contributed by atoms with Crippen LogP contribution in [-0.2, 0) is 29.0 Å². The highest BCUT2D eigenvalue weighted by Gasteiger charge is 2.37. The Labute approximate surface area is 181 Å². The number of aryl methyl sites for hydroxylation is 1. The Hall–Kier alpha value is -2.72. The number of carbonyl (C=O) groups is 3. The third kappa shape index (κ3) is 4.39. The van der Waals surface area contributed by atoms with Gasteiger partial charge in [-0.25, -0.2) is 0 Å². The van der Waals surface area contributed by atoms with E-state index in [-0.39, 0.29) is 23.5 Å². The molecule has 0 radical (unpaired) electrons. The molecule has 1 amide bonds. The minimum atomic E-state index is -0.347. The fourth-order valence-electron chi connectivity index (χ4n) is 4.29. The molecule has 1 saturated carbocycles. The Bertz CT molecular complexity index is 1030. The van der Waals surface area contributed by atoms with Gasteiger partial charge in [-0.15, -0.1) is 0 Å². The lowest BCUT2D eigenvalue weighted by Gasteiger charge is -2.30. The number of Topliss-reactive ketones (excluding diaryl/α,β-unsaturated/α-hetero) is 2. The standard InChI is InChI=1S/C25H24ClNO3/c1-16-2-11-23(24(29)12-16)27-15-19-13-17(6-10-22(19)25(27)30)5-9-21(28)14-18-3-7-20(26)8-4-18/h3-4,6-8,10,13,23H,1-2,5,9,11-12,14-15H2. The first kappa shape index (κ1) is 20.5. The van der Waals surface area contributed by atoms with Crippen molar-refractivity contribution in [3.8, 4) is 0 Å². The van der Waals surface area contributed by atoms with E-state index in [0.29, 0.717) is 49.2 Å². The van der Waals surface area contributed by atoms with Crippen LogP contribution in [-0.4, -0.2) is 28.4 Å². The predicted molar refractivity (Wildman–Crippen MR) is 117 cm³/mol. The lowest BCUT2D eigenvalue weighted by Crippen LogP contribution is -2.43. The van der Waals surface area contributed by atoms with Gasteiger partial charge >= 0.3 is 0 Å². The number of hydrogen-bond donors (Lipinski definition) is 0. The van der Waals surface area contributed by atoms with E-state index in [0.717, 1.165) is 28.7 Å². The number of halogens is 1. The largest absolute Gasteiger partial charge is 0.324 e. The number of allylic oxidation sites excluding steroid dienone is 1. The van der Waals surface area contributed by atoms with E-state index in [1.165, 1.54) is 0 Å². The first-order chi connectivity index (χ1) is 14.4. The van der Waals surface area contributed by atoms with Gasteiger partial charge in [-0.3, -0.25) is 14.4 Å². The number of benzene rings is 2. The van der Waals surface area contributed by atoms with E-state index >= 15 is 0 Å². The van der Waals surface area contributed by atoms with Crippen molar-refractivity contribution >= 4 is 29.1 Å². The molecular weight excluding hydrogens is 398 g/mol. The minimum Gasteiger partial charge on any atom is -0.324 e. The number of nitrogens with zero attached hydrogens (tertiary/aromatic N) is 1. The average Bonchev–Trinajstić information content (AvgIpc) is 3.04. The molecule has 1 aliphatic heterocycles. The molecule has 0 N–H and O–H groups in total. The van der Waals surface area contributed by atoms with Gasteiger partial charge in [0.1, 0.15) is 5.78 Å². The first-order valence-corrected chi connectivity index (χ1v) is 10.7. The zero-order valence-electron chi connectivity index (χ0n) is 16.8. The third-order valence-electron chi connectivity index (χ3n) is 5.95. The van der Waals surface area contributed by atoms with Gasteiger partial charge in [0.15, 0.2) is 5.78 Å². The SMILES string of the molecule is C=C1CCC(N2Cc3cc(CCC(=O)Cc4ccc(Cl)cc4)ccc3C2=O)C(=O)C1. The highest BCUT2D eigenvalue weighted by Crippen LogP contribution is 2.31. The quantitative estimate of drug-likeness (QED) is 0.634. The topological polar surface area (TPSA) is 54.5 Å². The van der Waals surface area contributed by atoms with Crippen LogP contribution in [0.4, 0.5) is 0 Å². The van der Waals surface area contributed by atoms with Crippen LogP contribution in [0.25, 0.3) is 0 Å². The fraction of sp³-hybridized carbons (Fsp3) is 0.320. The van der Waals surface area contributed by atoms with Gasteiger partial charge in [0.05, 0.1) is 6.04 Å². The first-order valence-electron chi connectivity index (χ1n) is 10.3. The van der Waals surface area contributed by atoms with Gasteiger partial charge in [-0.05, 0) is 54.2 Å². The smallest absolute Gasteiger partial charge is 0.255 e. The average molecular weight is 422 g/mol. The predicted octanol–water partition coefficient (Wildman–Crippen LogP) is 4.72. The molecule has 0 spiro atoms. The van der Waals surface area contributed by atoms with Crippen molar-refractivity contribution < 1.29 is 14.4 Å². The number of hydrogen-bond acceptors (Lipinski definition) is 3. The summed E-state index contributed by atoms with van der Waals surface area (Å²) in [5, 5.41) is 0.660. The molecule has 2 aromatic carbocycles. The van der Waals surface area contributed by atoms with Crippen LogP contribution in [0.15, 0.2) is 54.6 Å². The molecule has 1 unspecified atom stereocenters. The highest BCUT2D eigenvalue weighted by atomic mass is 35.5. The third-order valence-corrected chi connectivity index (χ3v) is 6.20. The van der Waals surface area contributed by atoms with Crippen molar-refractivity contribution in [2.75, 3.05) is 0 Å². The molecule has 0 saturated heterocycles. The number of carbonyl (C=O) groups excluding carboxylic acids is 3. The van der Waals surface area contributed by atoms with Crippen molar-refractivity contribution in [1.29, 1.82) is 0 Å². The van der Waals surface area contributed by atoms with Gasteiger partial charge in [-0.2, -0.15) is 0 Å². The van der Waals surface area contributed by atoms with Crippen LogP contribution in [0.5, 0.6) is 0 Å². The molecule has 1 aliphatic carbocycles. The number of fused-ring (bicyclic) bond motifs is 1. The van der Waals surface area contributed by atoms with Crippen LogP contribution < -0.4 is 0 Å². The maximum absolute atomic E-state index is 12.8. The Morgan fingerprint density at radius 3 is 2.57 bits per heavy atom. The van der Waals surface area contributed by atoms with E-state index in [9.17, 15) is 14.4 Å². The highest BCUT2D eigenvalue weighted by molar-refractivity contribution is 6.30. The van der Waals surface area contributed by atoms with Gasteiger partial charge in [0, 0.05) is 36.4 Å². The summed E-state index contributed by atoms with van der Waals surface area (Å²) in [6.45, 7) is 4.36. The van der Waals surface area contributed by atoms with Crippen LogP contribution in [0, 0.1) is 0 Å². The number of amides is 1. The van der Waals surface area contributed by atoms with Crippen LogP contribution >= 0.6 is 11.6 Å². The zero-order valence-corrected chi connectivity index (χ0v) is 17.6. The van der Waals surface area contributed by atoms with Gasteiger partial charge in [0.2, 0.25) is 0 Å². The summed E-state index contributed by atoms with van der Waals surface area (Å²) in [7, 11) is 0. The monoisotopic (exact) mass is 421 g/mol. The second kappa shape index (κ2) is 8.57. The summed E-state index contributed by atoms with van der Waals surface area (Å²) in [6.07, 6.45) is 3.29. The molecule has 1 heterocycles. The van der Waals surface area contributed by atoms with E-state index < -0.39 is 0 Å². The van der Waals surface area contributed by atoms with Crippen molar-refractivity contribution in [1.82, 2.24) is 4.90 Å². The Morgan fingerprint density at radius 2 is 1.83 bits per heavy atom. The zero-order chi connectivity index (χ0) is 21.3. The Balaban J connectivity index is 1.38. The summed E-state index contributed by atoms with van der Waals surface area (Å²) < 4.78 is 0. The normalized spacial score (nSPS) is 18.6. The molecule has 2 aromatic rings. The molecule has 1 atom stereocenters. The molecule has 4 nitrogen and oxygen atoms in total. The van der Waals surface area contributed by atoms with E-state index in [1.54, 1.807) is 17.0 Å². The van der Waals surface area contributed by atoms with Crippen molar-refractivity contribution in [2.45, 2.75) is 51.1 Å². The van der Waals surface area contributed by atoms with Crippen molar-refractivity contribution in [2.24, 2.45) is 0 Å². The van der Waals surface area contributed by atoms with Gasteiger partial charge in [0.25, 0.3) is 5.91 Å². The molecule has 0 bridgehead atoms. The molecule has 154 valence electrons. The maximum atomic E-state index is 12.8. The van der Waals surface area contributed by atoms with Crippen molar-refractivity contribution in [3.05, 3.63) is 81.9 Å². The van der Waals surface area contributed by atoms with Crippen LogP contribution in [0.2, 0.25) is 5.02 Å². The van der Waals surface area contributed by atoms with Crippen molar-refractivity contribution in [3.63, 3.8) is 0 Å². The lowest BCUT2D eigenvalue weighted by atomic mass is 9.90. The maximum Gasteiger partial charge on any atom is 0.255 e. The summed E-state index contributed by atoms with van der Waals surface area (Å²) in [6, 6.07) is 12.7. The second-order valence-electron chi connectivity index (χ2n) is 8.21. The lowest BCUT2D eigenvalue weighted by molar-refractivity contribution is -0.124. The Kier molecular flexibility index (Phi) is 5.87. The van der Waals surface area contributed by atoms with Crippen LogP contribution in [0.1, 0.15) is 52.7 Å². The molecule has 4 rings (SSSR count). The van der Waals surface area contributed by atoms with E-state index in [2.05, 4.69) is 6.58 Å². The van der Waals surface area contributed by atoms with E-state index in [4.69, 9.17) is 11.6 Å². The van der Waals surface area contributed by atoms with Crippen LogP contribution in [0.3, 0.4) is 0 Å². The molecule has 1 fully saturated rings.